The number of carboxylic acids is 1. The molecule has 0 aromatic heterocycles. The van der Waals surface area contributed by atoms with Crippen LogP contribution in [-0.2, 0) is 9.53 Å². The summed E-state index contributed by atoms with van der Waals surface area (Å²) in [5, 5.41) is 9.07. The number of hydrogen-bond acceptors (Lipinski definition) is 2. The molecule has 0 aromatic carbocycles. The van der Waals surface area contributed by atoms with Gasteiger partial charge in [-0.25, -0.2) is 4.79 Å². The van der Waals surface area contributed by atoms with Gasteiger partial charge in [0, 0.05) is 18.8 Å². The highest BCUT2D eigenvalue weighted by molar-refractivity contribution is 5.87. The molecule has 0 amide bonds. The molecule has 0 bridgehead atoms. The normalized spacial score (nSPS) is 20.1. The molecule has 0 atom stereocenters. The Hall–Kier alpha value is -0.830. The summed E-state index contributed by atoms with van der Waals surface area (Å²) < 4.78 is 5.21. The van der Waals surface area contributed by atoms with E-state index in [0.717, 1.165) is 12.8 Å². The van der Waals surface area contributed by atoms with E-state index in [9.17, 15) is 4.79 Å². The van der Waals surface area contributed by atoms with Gasteiger partial charge in [-0.1, -0.05) is 19.9 Å². The van der Waals surface area contributed by atoms with Crippen molar-refractivity contribution in [2.24, 2.45) is 11.8 Å². The van der Waals surface area contributed by atoms with E-state index in [2.05, 4.69) is 0 Å². The van der Waals surface area contributed by atoms with Gasteiger partial charge in [-0.15, -0.1) is 0 Å². The molecule has 80 valence electrons. The number of allylic oxidation sites excluding steroid dienone is 1. The van der Waals surface area contributed by atoms with E-state index in [4.69, 9.17) is 9.84 Å². The third kappa shape index (κ3) is 3.14. The fourth-order valence-corrected chi connectivity index (χ4v) is 1.75. The van der Waals surface area contributed by atoms with Crippen molar-refractivity contribution in [3.63, 3.8) is 0 Å². The topological polar surface area (TPSA) is 46.5 Å². The van der Waals surface area contributed by atoms with Crippen LogP contribution in [0.25, 0.3) is 0 Å². The molecule has 1 saturated heterocycles. The highest BCUT2D eigenvalue weighted by Gasteiger charge is 2.22. The van der Waals surface area contributed by atoms with Crippen molar-refractivity contribution in [1.29, 1.82) is 0 Å². The van der Waals surface area contributed by atoms with Crippen LogP contribution in [0.3, 0.4) is 0 Å². The van der Waals surface area contributed by atoms with Crippen molar-refractivity contribution in [2.45, 2.75) is 26.7 Å². The first kappa shape index (κ1) is 11.2. The summed E-state index contributed by atoms with van der Waals surface area (Å²) in [6.07, 6.45) is 3.54. The average molecular weight is 198 g/mol. The first-order valence-corrected chi connectivity index (χ1v) is 5.14. The summed E-state index contributed by atoms with van der Waals surface area (Å²) in [5.41, 5.74) is 0.573. The molecule has 0 spiro atoms. The third-order valence-electron chi connectivity index (χ3n) is 2.42. The van der Waals surface area contributed by atoms with Crippen LogP contribution in [0.5, 0.6) is 0 Å². The Balaban J connectivity index is 2.71. The van der Waals surface area contributed by atoms with E-state index in [1.165, 1.54) is 0 Å². The minimum absolute atomic E-state index is 0.184. The van der Waals surface area contributed by atoms with E-state index in [0.29, 0.717) is 24.7 Å². The minimum Gasteiger partial charge on any atom is -0.478 e. The van der Waals surface area contributed by atoms with Crippen LogP contribution in [0.1, 0.15) is 26.7 Å². The molecular weight excluding hydrogens is 180 g/mol. The van der Waals surface area contributed by atoms with Crippen LogP contribution in [0.2, 0.25) is 0 Å². The highest BCUT2D eigenvalue weighted by Crippen LogP contribution is 2.24. The summed E-state index contributed by atoms with van der Waals surface area (Å²) in [6, 6.07) is 0. The van der Waals surface area contributed by atoms with Gasteiger partial charge >= 0.3 is 5.97 Å². The fourth-order valence-electron chi connectivity index (χ4n) is 1.75. The van der Waals surface area contributed by atoms with Gasteiger partial charge in [-0.05, 0) is 24.7 Å². The molecule has 3 nitrogen and oxygen atoms in total. The quantitative estimate of drug-likeness (QED) is 0.706. The zero-order valence-electron chi connectivity index (χ0n) is 8.82. The summed E-state index contributed by atoms with van der Waals surface area (Å²) in [7, 11) is 0. The second kappa shape index (κ2) is 5.15. The number of rotatable bonds is 3. The monoisotopic (exact) mass is 198 g/mol. The van der Waals surface area contributed by atoms with Gasteiger partial charge in [0.1, 0.15) is 0 Å². The van der Waals surface area contributed by atoms with Crippen molar-refractivity contribution in [3.8, 4) is 0 Å². The zero-order valence-corrected chi connectivity index (χ0v) is 8.82. The Bertz CT molecular complexity index is 225. The number of hydrogen-bond donors (Lipinski definition) is 1. The van der Waals surface area contributed by atoms with Crippen molar-refractivity contribution >= 4 is 5.97 Å². The number of aliphatic carboxylic acids is 1. The van der Waals surface area contributed by atoms with Crippen LogP contribution in [-0.4, -0.2) is 24.3 Å². The molecule has 1 N–H and O–H groups in total. The van der Waals surface area contributed by atoms with Gasteiger partial charge in [-0.3, -0.25) is 0 Å². The summed E-state index contributed by atoms with van der Waals surface area (Å²) in [5.74, 6) is -0.293. The molecule has 14 heavy (non-hydrogen) atoms. The summed E-state index contributed by atoms with van der Waals surface area (Å²) >= 11 is 0. The van der Waals surface area contributed by atoms with Gasteiger partial charge in [0.05, 0.1) is 0 Å². The smallest absolute Gasteiger partial charge is 0.331 e. The van der Waals surface area contributed by atoms with Gasteiger partial charge in [0.2, 0.25) is 0 Å². The van der Waals surface area contributed by atoms with Crippen LogP contribution >= 0.6 is 0 Å². The molecule has 3 heteroatoms. The molecule has 0 aliphatic carbocycles. The molecule has 0 aromatic rings. The van der Waals surface area contributed by atoms with Gasteiger partial charge in [-0.2, -0.15) is 0 Å². The molecular formula is C11H18O3. The maximum Gasteiger partial charge on any atom is 0.331 e. The largest absolute Gasteiger partial charge is 0.478 e. The minimum atomic E-state index is -0.773. The summed E-state index contributed by atoms with van der Waals surface area (Å²) in [6.45, 7) is 5.38. The van der Waals surface area contributed by atoms with E-state index in [1.54, 1.807) is 0 Å². The lowest BCUT2D eigenvalue weighted by Crippen LogP contribution is -2.21. The standard InChI is InChI=1S/C11H18O3/c1-8(2)7-10(11(12)13)9-3-5-14-6-4-9/h7-9H,3-6H2,1-2H3,(H,12,13)/b10-7+. The van der Waals surface area contributed by atoms with Crippen molar-refractivity contribution < 1.29 is 14.6 Å². The number of ether oxygens (including phenoxy) is 1. The van der Waals surface area contributed by atoms with Crippen LogP contribution in [0.4, 0.5) is 0 Å². The van der Waals surface area contributed by atoms with Gasteiger partial charge in [0.25, 0.3) is 0 Å². The molecule has 1 aliphatic heterocycles. The van der Waals surface area contributed by atoms with E-state index >= 15 is 0 Å². The first-order valence-electron chi connectivity index (χ1n) is 5.14. The van der Waals surface area contributed by atoms with Gasteiger partial charge in [0.15, 0.2) is 0 Å². The SMILES string of the molecule is CC(C)/C=C(/C(=O)O)C1CCOCC1. The van der Waals surface area contributed by atoms with Gasteiger partial charge < -0.3 is 9.84 Å². The van der Waals surface area contributed by atoms with E-state index in [1.807, 2.05) is 19.9 Å². The maximum atomic E-state index is 11.0. The fraction of sp³-hybridized carbons (Fsp3) is 0.727. The van der Waals surface area contributed by atoms with Crippen molar-refractivity contribution in [3.05, 3.63) is 11.6 Å². The Kier molecular flexibility index (Phi) is 4.14. The molecule has 1 fully saturated rings. The third-order valence-corrected chi connectivity index (χ3v) is 2.42. The molecule has 1 aliphatic rings. The van der Waals surface area contributed by atoms with Crippen LogP contribution < -0.4 is 0 Å². The first-order chi connectivity index (χ1) is 6.61. The lowest BCUT2D eigenvalue weighted by atomic mass is 9.89. The second-order valence-electron chi connectivity index (χ2n) is 4.06. The molecule has 0 radical (unpaired) electrons. The Morgan fingerprint density at radius 3 is 2.43 bits per heavy atom. The lowest BCUT2D eigenvalue weighted by Gasteiger charge is -2.23. The Morgan fingerprint density at radius 1 is 1.43 bits per heavy atom. The zero-order chi connectivity index (χ0) is 10.6. The van der Waals surface area contributed by atoms with Crippen LogP contribution in [0.15, 0.2) is 11.6 Å². The predicted octanol–water partition coefficient (Wildman–Crippen LogP) is 2.08. The van der Waals surface area contributed by atoms with Crippen molar-refractivity contribution in [2.75, 3.05) is 13.2 Å². The Labute approximate surface area is 84.8 Å². The number of carbonyl (C=O) groups is 1. The lowest BCUT2D eigenvalue weighted by molar-refractivity contribution is -0.133. The average Bonchev–Trinajstić information content (AvgIpc) is 2.15. The molecule has 0 saturated carbocycles. The molecule has 1 heterocycles. The van der Waals surface area contributed by atoms with E-state index < -0.39 is 5.97 Å². The van der Waals surface area contributed by atoms with E-state index in [-0.39, 0.29) is 5.92 Å². The molecule has 0 unspecified atom stereocenters. The van der Waals surface area contributed by atoms with Crippen LogP contribution in [0, 0.1) is 11.8 Å². The predicted molar refractivity (Wildman–Crippen MR) is 54.1 cm³/mol. The summed E-state index contributed by atoms with van der Waals surface area (Å²) in [4.78, 5) is 11.0. The number of carboxylic acid groups (broad SMARTS) is 1. The maximum absolute atomic E-state index is 11.0. The molecule has 1 rings (SSSR count). The Morgan fingerprint density at radius 2 is 2.00 bits per heavy atom. The highest BCUT2D eigenvalue weighted by atomic mass is 16.5. The second-order valence-corrected chi connectivity index (χ2v) is 4.06. The van der Waals surface area contributed by atoms with Crippen molar-refractivity contribution in [1.82, 2.24) is 0 Å².